The maximum absolute atomic E-state index is 9.13. The average molecular weight is 243 g/mol. The van der Waals surface area contributed by atoms with Crippen LogP contribution in [-0.4, -0.2) is 18.1 Å². The summed E-state index contributed by atoms with van der Waals surface area (Å²) >= 11 is 0. The number of rotatable bonds is 2. The molecule has 0 atom stereocenters. The molecule has 5 nitrogen and oxygen atoms in total. The highest BCUT2D eigenvalue weighted by molar-refractivity contribution is 5.55. The van der Waals surface area contributed by atoms with Gasteiger partial charge in [0.05, 0.1) is 6.26 Å². The van der Waals surface area contributed by atoms with Crippen molar-refractivity contribution in [3.05, 3.63) is 24.1 Å². The van der Waals surface area contributed by atoms with Crippen LogP contribution in [0.5, 0.6) is 0 Å². The molecule has 92 valence electrons. The van der Waals surface area contributed by atoms with Crippen LogP contribution in [0.15, 0.2) is 27.2 Å². The van der Waals surface area contributed by atoms with Crippen LogP contribution in [0.4, 0.5) is 5.88 Å². The number of nitrogens with zero attached hydrogens (tertiary/aromatic N) is 3. The molecule has 1 aliphatic rings. The molecule has 0 N–H and O–H groups in total. The summed E-state index contributed by atoms with van der Waals surface area (Å²) in [4.78, 5) is 6.27. The lowest BCUT2D eigenvalue weighted by molar-refractivity contribution is 0.486. The first-order valence-electron chi connectivity index (χ1n) is 6.08. The Morgan fingerprint density at radius 1 is 1.28 bits per heavy atom. The highest BCUT2D eigenvalue weighted by Gasteiger charge is 2.22. The molecule has 0 saturated carbocycles. The quantitative estimate of drug-likeness (QED) is 0.811. The molecule has 2 aromatic heterocycles. The summed E-state index contributed by atoms with van der Waals surface area (Å²) in [7, 11) is 0. The van der Waals surface area contributed by atoms with Crippen LogP contribution >= 0.6 is 0 Å². The third-order valence-electron chi connectivity index (χ3n) is 3.09. The zero-order chi connectivity index (χ0) is 12.4. The number of hydrogen-bond acceptors (Lipinski definition) is 5. The zero-order valence-corrected chi connectivity index (χ0v) is 9.93. The first-order chi connectivity index (χ1) is 8.88. The van der Waals surface area contributed by atoms with Gasteiger partial charge in [0.2, 0.25) is 11.6 Å². The zero-order valence-electron chi connectivity index (χ0n) is 9.93. The summed E-state index contributed by atoms with van der Waals surface area (Å²) in [6.45, 7) is 1.84. The third-order valence-corrected chi connectivity index (χ3v) is 3.09. The van der Waals surface area contributed by atoms with E-state index in [1.54, 1.807) is 18.4 Å². The molecule has 0 bridgehead atoms. The molecule has 0 unspecified atom stereocenters. The van der Waals surface area contributed by atoms with Crippen LogP contribution in [0.2, 0.25) is 0 Å². The molecule has 0 aromatic carbocycles. The summed E-state index contributed by atoms with van der Waals surface area (Å²) in [5.41, 5.74) is 0.336. The van der Waals surface area contributed by atoms with Crippen molar-refractivity contribution in [2.45, 2.75) is 19.3 Å². The molecule has 0 amide bonds. The van der Waals surface area contributed by atoms with Crippen LogP contribution in [0.25, 0.3) is 11.7 Å². The number of oxazole rings is 1. The average Bonchev–Trinajstić information content (AvgIpc) is 3.08. The second kappa shape index (κ2) is 4.57. The van der Waals surface area contributed by atoms with Crippen molar-refractivity contribution in [2.75, 3.05) is 18.0 Å². The Morgan fingerprint density at radius 3 is 2.78 bits per heavy atom. The molecule has 0 aliphatic carbocycles. The van der Waals surface area contributed by atoms with Crippen molar-refractivity contribution in [1.82, 2.24) is 4.98 Å². The molecule has 5 heteroatoms. The molecule has 3 rings (SSSR count). The van der Waals surface area contributed by atoms with E-state index in [1.807, 2.05) is 0 Å². The number of aromatic nitrogens is 1. The van der Waals surface area contributed by atoms with Gasteiger partial charge in [-0.3, -0.25) is 0 Å². The van der Waals surface area contributed by atoms with E-state index >= 15 is 0 Å². The Bertz CT molecular complexity index is 560. The Kier molecular flexibility index (Phi) is 2.77. The number of hydrogen-bond donors (Lipinski definition) is 0. The van der Waals surface area contributed by atoms with Crippen LogP contribution in [0.1, 0.15) is 25.0 Å². The Hall–Kier alpha value is -2.22. The van der Waals surface area contributed by atoms with Crippen molar-refractivity contribution >= 4 is 5.88 Å². The fourth-order valence-electron chi connectivity index (χ4n) is 2.20. The van der Waals surface area contributed by atoms with Crippen molar-refractivity contribution in [1.29, 1.82) is 5.26 Å². The maximum Gasteiger partial charge on any atom is 0.266 e. The van der Waals surface area contributed by atoms with E-state index in [4.69, 9.17) is 14.1 Å². The summed E-state index contributed by atoms with van der Waals surface area (Å²) in [5, 5.41) is 9.13. The minimum atomic E-state index is 0.336. The van der Waals surface area contributed by atoms with E-state index in [1.165, 1.54) is 6.42 Å². The van der Waals surface area contributed by atoms with Gasteiger partial charge in [-0.2, -0.15) is 10.2 Å². The SMILES string of the molecule is N#Cc1nc(-c2ccco2)oc1N1CCCCC1. The molecule has 3 heterocycles. The van der Waals surface area contributed by atoms with E-state index < -0.39 is 0 Å². The van der Waals surface area contributed by atoms with Gasteiger partial charge in [-0.15, -0.1) is 0 Å². The first kappa shape index (κ1) is 10.9. The summed E-state index contributed by atoms with van der Waals surface area (Å²) in [6.07, 6.45) is 5.05. The highest BCUT2D eigenvalue weighted by Crippen LogP contribution is 2.29. The lowest BCUT2D eigenvalue weighted by atomic mass is 10.1. The Balaban J connectivity index is 1.96. The van der Waals surface area contributed by atoms with Crippen molar-refractivity contribution < 1.29 is 8.83 Å². The van der Waals surface area contributed by atoms with Crippen LogP contribution in [0.3, 0.4) is 0 Å². The molecule has 0 spiro atoms. The first-order valence-corrected chi connectivity index (χ1v) is 6.08. The fourth-order valence-corrected chi connectivity index (χ4v) is 2.20. The third kappa shape index (κ3) is 1.86. The van der Waals surface area contributed by atoms with E-state index in [0.29, 0.717) is 23.2 Å². The monoisotopic (exact) mass is 243 g/mol. The van der Waals surface area contributed by atoms with Crippen molar-refractivity contribution in [2.24, 2.45) is 0 Å². The largest absolute Gasteiger partial charge is 0.459 e. The molecule has 1 saturated heterocycles. The topological polar surface area (TPSA) is 66.2 Å². The van der Waals surface area contributed by atoms with E-state index in [0.717, 1.165) is 25.9 Å². The van der Waals surface area contributed by atoms with Gasteiger partial charge >= 0.3 is 0 Å². The number of nitriles is 1. The second-order valence-electron chi connectivity index (χ2n) is 4.31. The van der Waals surface area contributed by atoms with Gasteiger partial charge in [-0.1, -0.05) is 0 Å². The number of piperidine rings is 1. The minimum absolute atomic E-state index is 0.336. The van der Waals surface area contributed by atoms with Crippen molar-refractivity contribution in [3.63, 3.8) is 0 Å². The molecular weight excluding hydrogens is 230 g/mol. The van der Waals surface area contributed by atoms with Gasteiger partial charge in [0.1, 0.15) is 6.07 Å². The van der Waals surface area contributed by atoms with Crippen LogP contribution in [0, 0.1) is 11.3 Å². The smallest absolute Gasteiger partial charge is 0.266 e. The molecule has 0 radical (unpaired) electrons. The van der Waals surface area contributed by atoms with Crippen LogP contribution < -0.4 is 4.90 Å². The standard InChI is InChI=1S/C13H13N3O2/c14-9-10-13(16-6-2-1-3-7-16)18-12(15-10)11-5-4-8-17-11/h4-5,8H,1-3,6-7H2. The van der Waals surface area contributed by atoms with E-state index in [9.17, 15) is 0 Å². The Labute approximate surface area is 105 Å². The summed E-state index contributed by atoms with van der Waals surface area (Å²) in [6, 6.07) is 5.63. The number of anilines is 1. The fraction of sp³-hybridized carbons (Fsp3) is 0.385. The molecule has 1 fully saturated rings. The predicted molar refractivity (Wildman–Crippen MR) is 65.0 cm³/mol. The van der Waals surface area contributed by atoms with Gasteiger partial charge in [-0.25, -0.2) is 0 Å². The normalized spacial score (nSPS) is 15.6. The van der Waals surface area contributed by atoms with Gasteiger partial charge < -0.3 is 13.7 Å². The number of furan rings is 1. The lowest BCUT2D eigenvalue weighted by Crippen LogP contribution is -2.29. The predicted octanol–water partition coefficient (Wildman–Crippen LogP) is 2.80. The molecule has 2 aromatic rings. The maximum atomic E-state index is 9.13. The van der Waals surface area contributed by atoms with Crippen molar-refractivity contribution in [3.8, 4) is 17.7 Å². The van der Waals surface area contributed by atoms with Gasteiger partial charge in [0, 0.05) is 13.1 Å². The van der Waals surface area contributed by atoms with E-state index in [2.05, 4.69) is 16.0 Å². The molecule has 1 aliphatic heterocycles. The highest BCUT2D eigenvalue weighted by atomic mass is 16.4. The van der Waals surface area contributed by atoms with Crippen LogP contribution in [-0.2, 0) is 0 Å². The summed E-state index contributed by atoms with van der Waals surface area (Å²) < 4.78 is 10.9. The van der Waals surface area contributed by atoms with E-state index in [-0.39, 0.29) is 0 Å². The van der Waals surface area contributed by atoms with Gasteiger partial charge in [-0.05, 0) is 31.4 Å². The Morgan fingerprint density at radius 2 is 2.11 bits per heavy atom. The molecular formula is C13H13N3O2. The lowest BCUT2D eigenvalue weighted by Gasteiger charge is -2.25. The van der Waals surface area contributed by atoms with Gasteiger partial charge in [0.15, 0.2) is 5.76 Å². The van der Waals surface area contributed by atoms with Gasteiger partial charge in [0.25, 0.3) is 5.89 Å². The summed E-state index contributed by atoms with van der Waals surface area (Å²) in [5.74, 6) is 1.50. The molecule has 18 heavy (non-hydrogen) atoms. The minimum Gasteiger partial charge on any atom is -0.459 e. The second-order valence-corrected chi connectivity index (χ2v) is 4.31.